The smallest absolute Gasteiger partial charge is 0.323 e. The Bertz CT molecular complexity index is 1350. The number of hydrogen-bond donors (Lipinski definition) is 17. The second-order valence-corrected chi connectivity index (χ2v) is 10.9. The normalized spacial score (nSPS) is 13.5. The molecule has 22 nitrogen and oxygen atoms in total. The Balaban J connectivity index is -0.000000595. The number of carboxylic acid groups (broad SMARTS) is 5. The zero-order valence-electron chi connectivity index (χ0n) is 28.9. The van der Waals surface area contributed by atoms with Crippen LogP contribution >= 0.6 is 0 Å². The predicted molar refractivity (Wildman–Crippen MR) is 191 cm³/mol. The van der Waals surface area contributed by atoms with Gasteiger partial charge >= 0.3 is 29.8 Å². The van der Waals surface area contributed by atoms with Crippen molar-refractivity contribution in [1.82, 2.24) is 10.3 Å². The van der Waals surface area contributed by atoms with Crippen molar-refractivity contribution >= 4 is 46.7 Å². The van der Waals surface area contributed by atoms with Gasteiger partial charge < -0.3 is 86.2 Å². The molecule has 1 heterocycles. The van der Waals surface area contributed by atoms with Crippen LogP contribution in [-0.4, -0.2) is 133 Å². The molecule has 298 valence electrons. The minimum atomic E-state index is -1.18. The van der Waals surface area contributed by atoms with Gasteiger partial charge in [-0.25, -0.2) is 0 Å². The van der Waals surface area contributed by atoms with Crippen LogP contribution in [0.15, 0.2) is 30.5 Å². The number of benzene rings is 1. The van der Waals surface area contributed by atoms with Crippen LogP contribution in [0.25, 0.3) is 10.9 Å². The van der Waals surface area contributed by atoms with Crippen molar-refractivity contribution in [2.75, 3.05) is 19.7 Å². The number of para-hydroxylation sites is 1. The third kappa shape index (κ3) is 26.9. The molecule has 0 amide bonds. The van der Waals surface area contributed by atoms with Gasteiger partial charge in [0.2, 0.25) is 0 Å². The summed E-state index contributed by atoms with van der Waals surface area (Å²) in [5.74, 6) is -5.38. The number of nitrogens with one attached hydrogen (secondary N) is 3. The molecule has 24 N–H and O–H groups in total. The number of aliphatic hydroxyl groups is 2. The molecule has 6 atom stereocenters. The largest absolute Gasteiger partial charge is 0.480 e. The first kappa shape index (κ1) is 51.4. The number of carboxylic acids is 5. The fraction of sp³-hybridized carbons (Fsp3) is 0.533. The van der Waals surface area contributed by atoms with Crippen molar-refractivity contribution in [2.24, 2.45) is 40.1 Å². The van der Waals surface area contributed by atoms with E-state index in [1.165, 1.54) is 6.92 Å². The first-order valence-corrected chi connectivity index (χ1v) is 15.7. The Kier molecular flexibility index (Phi) is 29.4. The number of fused-ring (bicyclic) bond motifs is 1. The number of aliphatic hydroxyl groups excluding tert-OH is 2. The highest BCUT2D eigenvalue weighted by molar-refractivity contribution is 5.84. The third-order valence-corrected chi connectivity index (χ3v) is 6.36. The predicted octanol–water partition coefficient (Wildman–Crippen LogP) is -3.52. The van der Waals surface area contributed by atoms with Crippen molar-refractivity contribution in [1.29, 1.82) is 5.41 Å². The SMILES string of the molecule is CC(O)C(N)C(=O)O.N=C(N)NCCCC(N)C(=O)O.NC(CO)C(=O)O.NC(Cc1c[nH]c2ccccc12)C(=O)O.NCCCCC(N)C(=O)O. The van der Waals surface area contributed by atoms with Gasteiger partial charge in [0.15, 0.2) is 5.96 Å². The van der Waals surface area contributed by atoms with Gasteiger partial charge in [-0.2, -0.15) is 0 Å². The van der Waals surface area contributed by atoms with Crippen molar-refractivity contribution in [2.45, 2.75) is 81.8 Å². The van der Waals surface area contributed by atoms with Gasteiger partial charge in [-0.3, -0.25) is 29.4 Å². The Morgan fingerprint density at radius 2 is 1.25 bits per heavy atom. The highest BCUT2D eigenvalue weighted by atomic mass is 16.4. The van der Waals surface area contributed by atoms with Gasteiger partial charge in [0.25, 0.3) is 0 Å². The van der Waals surface area contributed by atoms with E-state index >= 15 is 0 Å². The minimum Gasteiger partial charge on any atom is -0.480 e. The van der Waals surface area contributed by atoms with Crippen LogP contribution < -0.4 is 45.5 Å². The van der Waals surface area contributed by atoms with E-state index in [1.807, 2.05) is 30.5 Å². The summed E-state index contributed by atoms with van der Waals surface area (Å²) in [6.07, 6.45) is 4.32. The number of H-pyrrole nitrogens is 1. The maximum Gasteiger partial charge on any atom is 0.323 e. The minimum absolute atomic E-state index is 0.112. The Morgan fingerprint density at radius 1 is 0.769 bits per heavy atom. The number of aliphatic carboxylic acids is 5. The zero-order valence-corrected chi connectivity index (χ0v) is 28.9. The van der Waals surface area contributed by atoms with Crippen molar-refractivity contribution < 1.29 is 59.7 Å². The van der Waals surface area contributed by atoms with Gasteiger partial charge in [0.05, 0.1) is 12.7 Å². The summed E-state index contributed by atoms with van der Waals surface area (Å²) in [6, 6.07) is 3.09. The lowest BCUT2D eigenvalue weighted by Gasteiger charge is -2.06. The Morgan fingerprint density at radius 3 is 1.62 bits per heavy atom. The van der Waals surface area contributed by atoms with Crippen LogP contribution in [0.3, 0.4) is 0 Å². The van der Waals surface area contributed by atoms with Crippen LogP contribution in [0.4, 0.5) is 0 Å². The van der Waals surface area contributed by atoms with E-state index in [0.717, 1.165) is 29.3 Å². The fourth-order valence-corrected chi connectivity index (χ4v) is 3.21. The number of aromatic amines is 1. The number of rotatable bonds is 17. The van der Waals surface area contributed by atoms with E-state index in [2.05, 4.69) is 10.3 Å². The van der Waals surface area contributed by atoms with E-state index in [-0.39, 0.29) is 5.96 Å². The van der Waals surface area contributed by atoms with Crippen LogP contribution in [-0.2, 0) is 30.4 Å². The third-order valence-electron chi connectivity index (χ3n) is 6.36. The molecule has 0 aliphatic rings. The monoisotopic (exact) mass is 748 g/mol. The lowest BCUT2D eigenvalue weighted by molar-refractivity contribution is -0.141. The average Bonchev–Trinajstić information content (AvgIpc) is 3.49. The molecule has 0 bridgehead atoms. The molecule has 6 unspecified atom stereocenters. The maximum atomic E-state index is 10.6. The summed E-state index contributed by atoms with van der Waals surface area (Å²) >= 11 is 0. The molecular formula is C30H56N10O12. The molecule has 2 aromatic rings. The van der Waals surface area contributed by atoms with E-state index < -0.39 is 72.8 Å². The maximum absolute atomic E-state index is 10.6. The second kappa shape index (κ2) is 29.8. The van der Waals surface area contributed by atoms with E-state index in [9.17, 15) is 24.0 Å². The summed E-state index contributed by atoms with van der Waals surface area (Å²) in [5.41, 5.74) is 37.7. The summed E-state index contributed by atoms with van der Waals surface area (Å²) < 4.78 is 0. The van der Waals surface area contributed by atoms with Crippen LogP contribution in [0.2, 0.25) is 0 Å². The standard InChI is InChI=1S/C11H12N2O2.C6H14N4O2.C6H14N2O2.C4H9NO3.C3H7NO3/c12-9(11(14)15)5-7-6-13-10-4-2-1-3-8(7)10;7-4(5(11)12)2-1-3-10-6(8)9;7-4-2-1-3-5(8)6(9)10;1-2(6)3(5)4(7)8;4-2(1-5)3(6)7/h1-4,6,9,13H,5,12H2,(H,14,15);4H,1-3,7H2,(H,11,12)(H4,8,9,10);5H,1-4,7-8H2,(H,9,10);2-3,6H,5H2,1H3,(H,7,8);2,5H,1,4H2,(H,6,7). The molecule has 1 aromatic heterocycles. The van der Waals surface area contributed by atoms with Crippen LogP contribution in [0, 0.1) is 5.41 Å². The van der Waals surface area contributed by atoms with Crippen molar-refractivity contribution in [3.05, 3.63) is 36.0 Å². The van der Waals surface area contributed by atoms with Crippen LogP contribution in [0.1, 0.15) is 44.6 Å². The van der Waals surface area contributed by atoms with Gasteiger partial charge in [0, 0.05) is 30.1 Å². The van der Waals surface area contributed by atoms with Crippen molar-refractivity contribution in [3.63, 3.8) is 0 Å². The molecular weight excluding hydrogens is 692 g/mol. The van der Waals surface area contributed by atoms with Gasteiger partial charge in [-0.05, 0) is 50.8 Å². The number of nitrogens with two attached hydrogens (primary N) is 7. The molecule has 0 saturated heterocycles. The molecule has 0 spiro atoms. The summed E-state index contributed by atoms with van der Waals surface area (Å²) in [4.78, 5) is 53.6. The first-order chi connectivity index (χ1) is 24.1. The Labute approximate surface area is 299 Å². The summed E-state index contributed by atoms with van der Waals surface area (Å²) in [5, 5.41) is 68.2. The van der Waals surface area contributed by atoms with E-state index in [1.54, 1.807) is 0 Å². The van der Waals surface area contributed by atoms with Gasteiger partial charge in [-0.15, -0.1) is 0 Å². The van der Waals surface area contributed by atoms with Gasteiger partial charge in [-0.1, -0.05) is 24.6 Å². The number of hydrogen-bond acceptors (Lipinski definition) is 14. The number of guanidine groups is 1. The van der Waals surface area contributed by atoms with E-state index in [0.29, 0.717) is 38.8 Å². The van der Waals surface area contributed by atoms with Gasteiger partial charge in [0.1, 0.15) is 30.2 Å². The molecule has 22 heteroatoms. The molecule has 1 aromatic carbocycles. The summed E-state index contributed by atoms with van der Waals surface area (Å²) in [7, 11) is 0. The number of carbonyl (C=O) groups is 5. The molecule has 0 saturated carbocycles. The summed E-state index contributed by atoms with van der Waals surface area (Å²) in [6.45, 7) is 1.91. The highest BCUT2D eigenvalue weighted by Crippen LogP contribution is 2.18. The Hall–Kier alpha value is -4.94. The quantitative estimate of drug-likeness (QED) is 0.0423. The fourth-order valence-electron chi connectivity index (χ4n) is 3.21. The molecule has 52 heavy (non-hydrogen) atoms. The topological polar surface area (TPSA) is 461 Å². The number of aromatic nitrogens is 1. The number of unbranched alkanes of at least 4 members (excludes halogenated alkanes) is 1. The zero-order chi connectivity index (χ0) is 41.0. The molecule has 0 fully saturated rings. The molecule has 0 radical (unpaired) electrons. The second-order valence-electron chi connectivity index (χ2n) is 10.9. The van der Waals surface area contributed by atoms with Crippen molar-refractivity contribution in [3.8, 4) is 0 Å². The highest BCUT2D eigenvalue weighted by Gasteiger charge is 2.16. The lowest BCUT2D eigenvalue weighted by atomic mass is 10.1. The lowest BCUT2D eigenvalue weighted by Crippen LogP contribution is -2.39. The first-order valence-electron chi connectivity index (χ1n) is 15.7. The molecule has 0 aliphatic carbocycles. The average molecular weight is 749 g/mol. The molecule has 0 aliphatic heterocycles. The van der Waals surface area contributed by atoms with Crippen LogP contribution in [0.5, 0.6) is 0 Å². The van der Waals surface area contributed by atoms with E-state index in [4.69, 9.17) is 81.3 Å². The molecule has 2 rings (SSSR count).